The standard InChI is InChI=1S/C14H11N3O3S2/c1-20-13(19)9-5-8(6-15-9)10-7-22-14(16-10)17-12(18)11-3-2-4-21-11/h2-7,15H,1H3,(H,16,17,18). The molecule has 0 radical (unpaired) electrons. The molecule has 0 aliphatic carbocycles. The fraction of sp³-hybridized carbons (Fsp3) is 0.0714. The van der Waals surface area contributed by atoms with Crippen molar-refractivity contribution in [2.75, 3.05) is 12.4 Å². The molecule has 0 unspecified atom stereocenters. The first-order valence-electron chi connectivity index (χ1n) is 6.25. The topological polar surface area (TPSA) is 84.1 Å². The first-order chi connectivity index (χ1) is 10.7. The van der Waals surface area contributed by atoms with Gasteiger partial charge in [-0.2, -0.15) is 0 Å². The Bertz CT molecular complexity index is 805. The van der Waals surface area contributed by atoms with Crippen molar-refractivity contribution < 1.29 is 14.3 Å². The van der Waals surface area contributed by atoms with Crippen molar-refractivity contribution in [2.45, 2.75) is 0 Å². The molecule has 1 amide bonds. The third kappa shape index (κ3) is 2.92. The van der Waals surface area contributed by atoms with Crippen LogP contribution in [0.15, 0.2) is 35.2 Å². The van der Waals surface area contributed by atoms with Crippen molar-refractivity contribution in [1.29, 1.82) is 0 Å². The molecule has 112 valence electrons. The number of nitrogens with one attached hydrogen (secondary N) is 2. The van der Waals surface area contributed by atoms with Gasteiger partial charge in [0.25, 0.3) is 5.91 Å². The molecule has 8 heteroatoms. The summed E-state index contributed by atoms with van der Waals surface area (Å²) < 4.78 is 4.64. The van der Waals surface area contributed by atoms with E-state index in [1.165, 1.54) is 29.8 Å². The summed E-state index contributed by atoms with van der Waals surface area (Å²) >= 11 is 2.70. The summed E-state index contributed by atoms with van der Waals surface area (Å²) in [5.74, 6) is -0.618. The zero-order chi connectivity index (χ0) is 15.5. The molecule has 0 bridgehead atoms. The summed E-state index contributed by atoms with van der Waals surface area (Å²) in [6.45, 7) is 0. The average Bonchev–Trinajstić information content (AvgIpc) is 3.25. The van der Waals surface area contributed by atoms with E-state index in [2.05, 4.69) is 20.0 Å². The first-order valence-corrected chi connectivity index (χ1v) is 8.01. The number of thiophene rings is 1. The van der Waals surface area contributed by atoms with E-state index < -0.39 is 5.97 Å². The number of thiazole rings is 1. The lowest BCUT2D eigenvalue weighted by Crippen LogP contribution is -2.09. The van der Waals surface area contributed by atoms with Gasteiger partial charge in [0.2, 0.25) is 0 Å². The van der Waals surface area contributed by atoms with Crippen molar-refractivity contribution >= 4 is 39.7 Å². The van der Waals surface area contributed by atoms with Crippen molar-refractivity contribution in [2.24, 2.45) is 0 Å². The molecule has 22 heavy (non-hydrogen) atoms. The molecule has 0 spiro atoms. The zero-order valence-electron chi connectivity index (χ0n) is 11.5. The maximum atomic E-state index is 12.0. The maximum absolute atomic E-state index is 12.0. The molecule has 0 aromatic carbocycles. The van der Waals surface area contributed by atoms with Crippen LogP contribution in [0, 0.1) is 0 Å². The summed E-state index contributed by atoms with van der Waals surface area (Å²) in [5.41, 5.74) is 1.79. The number of hydrogen-bond donors (Lipinski definition) is 2. The number of esters is 1. The van der Waals surface area contributed by atoms with Gasteiger partial charge >= 0.3 is 5.97 Å². The number of amides is 1. The molecule has 0 atom stereocenters. The number of hydrogen-bond acceptors (Lipinski definition) is 6. The van der Waals surface area contributed by atoms with E-state index in [-0.39, 0.29) is 5.91 Å². The minimum atomic E-state index is -0.437. The molecule has 0 aliphatic heterocycles. The van der Waals surface area contributed by atoms with Crippen LogP contribution in [0.3, 0.4) is 0 Å². The van der Waals surface area contributed by atoms with Crippen LogP contribution in [-0.2, 0) is 4.74 Å². The molecule has 3 aromatic heterocycles. The highest BCUT2D eigenvalue weighted by Crippen LogP contribution is 2.26. The molecule has 3 rings (SSSR count). The number of methoxy groups -OCH3 is 1. The van der Waals surface area contributed by atoms with E-state index in [9.17, 15) is 9.59 Å². The molecule has 0 saturated carbocycles. The number of anilines is 1. The van der Waals surface area contributed by atoms with Gasteiger partial charge in [-0.3, -0.25) is 10.1 Å². The molecular formula is C14H11N3O3S2. The quantitative estimate of drug-likeness (QED) is 0.718. The highest BCUT2D eigenvalue weighted by atomic mass is 32.1. The van der Waals surface area contributed by atoms with Crippen LogP contribution in [0.4, 0.5) is 5.13 Å². The van der Waals surface area contributed by atoms with Gasteiger partial charge in [0.15, 0.2) is 5.13 Å². The van der Waals surface area contributed by atoms with Gasteiger partial charge in [0.1, 0.15) is 5.69 Å². The number of nitrogens with zero attached hydrogens (tertiary/aromatic N) is 1. The largest absolute Gasteiger partial charge is 0.464 e. The second kappa shape index (κ2) is 6.12. The Morgan fingerprint density at radius 2 is 2.23 bits per heavy atom. The van der Waals surface area contributed by atoms with Crippen LogP contribution < -0.4 is 5.32 Å². The lowest BCUT2D eigenvalue weighted by Gasteiger charge is -1.97. The van der Waals surface area contributed by atoms with Gasteiger partial charge in [0.05, 0.1) is 17.7 Å². The number of aromatic amines is 1. The Morgan fingerprint density at radius 3 is 2.95 bits per heavy atom. The maximum Gasteiger partial charge on any atom is 0.354 e. The predicted molar refractivity (Wildman–Crippen MR) is 85.5 cm³/mol. The van der Waals surface area contributed by atoms with Crippen molar-refractivity contribution in [3.63, 3.8) is 0 Å². The Kier molecular flexibility index (Phi) is 4.03. The Morgan fingerprint density at radius 1 is 1.36 bits per heavy atom. The highest BCUT2D eigenvalue weighted by Gasteiger charge is 2.13. The van der Waals surface area contributed by atoms with Gasteiger partial charge in [-0.1, -0.05) is 6.07 Å². The molecule has 0 aliphatic rings. The highest BCUT2D eigenvalue weighted by molar-refractivity contribution is 7.14. The van der Waals surface area contributed by atoms with E-state index in [1.807, 2.05) is 16.8 Å². The van der Waals surface area contributed by atoms with E-state index in [0.29, 0.717) is 21.4 Å². The molecule has 3 heterocycles. The third-order valence-corrected chi connectivity index (χ3v) is 4.48. The fourth-order valence-corrected chi connectivity index (χ4v) is 3.13. The average molecular weight is 333 g/mol. The minimum absolute atomic E-state index is 0.180. The molecule has 6 nitrogen and oxygen atoms in total. The fourth-order valence-electron chi connectivity index (χ4n) is 1.80. The SMILES string of the molecule is COC(=O)c1cc(-c2csc(NC(=O)c3cccs3)n2)c[nH]1. The van der Waals surface area contributed by atoms with Crippen LogP contribution in [0.25, 0.3) is 11.3 Å². The second-order valence-electron chi connectivity index (χ2n) is 4.26. The smallest absolute Gasteiger partial charge is 0.354 e. The van der Waals surface area contributed by atoms with E-state index in [0.717, 1.165) is 5.56 Å². The number of carbonyl (C=O) groups is 2. The normalized spacial score (nSPS) is 10.4. The Labute approximate surface area is 133 Å². The number of H-pyrrole nitrogens is 1. The number of ether oxygens (including phenoxy) is 1. The van der Waals surface area contributed by atoms with Crippen LogP contribution in [0.1, 0.15) is 20.2 Å². The Balaban J connectivity index is 1.75. The summed E-state index contributed by atoms with van der Waals surface area (Å²) in [6, 6.07) is 5.23. The number of rotatable bonds is 4. The molecule has 2 N–H and O–H groups in total. The van der Waals surface area contributed by atoms with Crippen LogP contribution in [0.5, 0.6) is 0 Å². The summed E-state index contributed by atoms with van der Waals surface area (Å²) in [7, 11) is 1.32. The molecule has 0 saturated heterocycles. The van der Waals surface area contributed by atoms with Crippen LogP contribution >= 0.6 is 22.7 Å². The van der Waals surface area contributed by atoms with Gasteiger partial charge in [0, 0.05) is 17.1 Å². The number of carbonyl (C=O) groups excluding carboxylic acids is 2. The van der Waals surface area contributed by atoms with Crippen LogP contribution in [-0.4, -0.2) is 29.0 Å². The van der Waals surface area contributed by atoms with Gasteiger partial charge in [-0.05, 0) is 17.5 Å². The molecular weight excluding hydrogens is 322 g/mol. The minimum Gasteiger partial charge on any atom is -0.464 e. The summed E-state index contributed by atoms with van der Waals surface area (Å²) in [4.78, 5) is 31.2. The summed E-state index contributed by atoms with van der Waals surface area (Å²) in [6.07, 6.45) is 1.67. The van der Waals surface area contributed by atoms with Gasteiger partial charge in [-0.25, -0.2) is 9.78 Å². The third-order valence-electron chi connectivity index (χ3n) is 2.85. The van der Waals surface area contributed by atoms with Crippen molar-refractivity contribution in [1.82, 2.24) is 9.97 Å². The van der Waals surface area contributed by atoms with Gasteiger partial charge in [-0.15, -0.1) is 22.7 Å². The summed E-state index contributed by atoms with van der Waals surface area (Å²) in [5, 5.41) is 6.92. The second-order valence-corrected chi connectivity index (χ2v) is 6.07. The number of aromatic nitrogens is 2. The Hall–Kier alpha value is -2.45. The predicted octanol–water partition coefficient (Wildman–Crippen LogP) is 3.24. The molecule has 3 aromatic rings. The lowest BCUT2D eigenvalue weighted by molar-refractivity contribution is 0.0594. The van der Waals surface area contributed by atoms with Crippen molar-refractivity contribution in [3.05, 3.63) is 45.7 Å². The van der Waals surface area contributed by atoms with Crippen molar-refractivity contribution in [3.8, 4) is 11.3 Å². The van der Waals surface area contributed by atoms with Crippen LogP contribution in [0.2, 0.25) is 0 Å². The molecule has 0 fully saturated rings. The van der Waals surface area contributed by atoms with E-state index in [4.69, 9.17) is 0 Å². The van der Waals surface area contributed by atoms with E-state index in [1.54, 1.807) is 18.3 Å². The van der Waals surface area contributed by atoms with E-state index >= 15 is 0 Å². The monoisotopic (exact) mass is 333 g/mol. The lowest BCUT2D eigenvalue weighted by atomic mass is 10.2. The van der Waals surface area contributed by atoms with Gasteiger partial charge < -0.3 is 9.72 Å². The first kappa shape index (κ1) is 14.5. The zero-order valence-corrected chi connectivity index (χ0v) is 13.1.